The zero-order valence-corrected chi connectivity index (χ0v) is 12.9. The second kappa shape index (κ2) is 6.01. The van der Waals surface area contributed by atoms with E-state index in [0.717, 1.165) is 6.07 Å². The van der Waals surface area contributed by atoms with Crippen LogP contribution in [-0.2, 0) is 5.41 Å². The van der Waals surface area contributed by atoms with Crippen molar-refractivity contribution in [3.05, 3.63) is 41.0 Å². The molecule has 24 heavy (non-hydrogen) atoms. The van der Waals surface area contributed by atoms with Gasteiger partial charge in [-0.2, -0.15) is 13.2 Å². The lowest BCUT2D eigenvalue weighted by Gasteiger charge is -2.41. The Kier molecular flexibility index (Phi) is 4.16. The van der Waals surface area contributed by atoms with Crippen LogP contribution in [0.5, 0.6) is 5.75 Å². The van der Waals surface area contributed by atoms with Crippen LogP contribution in [0, 0.1) is 0 Å². The van der Waals surface area contributed by atoms with Gasteiger partial charge < -0.3 is 9.26 Å². The molecular formula is C15H12ClF3N2O3. The fourth-order valence-electron chi connectivity index (χ4n) is 2.51. The number of aromatic nitrogens is 1. The highest BCUT2D eigenvalue weighted by atomic mass is 35.5. The van der Waals surface area contributed by atoms with Gasteiger partial charge in [0, 0.05) is 11.1 Å². The third-order valence-corrected chi connectivity index (χ3v) is 4.25. The molecule has 2 aromatic rings. The molecule has 128 valence electrons. The first-order chi connectivity index (χ1) is 11.3. The molecule has 9 heteroatoms. The molecular weight excluding hydrogens is 349 g/mol. The maximum atomic E-state index is 13.2. The van der Waals surface area contributed by atoms with E-state index in [1.165, 1.54) is 24.3 Å². The average Bonchev–Trinajstić information content (AvgIpc) is 2.86. The van der Waals surface area contributed by atoms with Gasteiger partial charge in [-0.3, -0.25) is 5.32 Å². The largest absolute Gasteiger partial charge is 0.419 e. The number of anilines is 1. The fraction of sp³-hybridized carbons (Fsp3) is 0.333. The molecule has 1 N–H and O–H groups in total. The number of hydrogen-bond donors (Lipinski definition) is 1. The number of nitrogens with one attached hydrogen (secondary N) is 1. The lowest BCUT2D eigenvalue weighted by atomic mass is 9.66. The molecule has 1 saturated carbocycles. The second-order valence-corrected chi connectivity index (χ2v) is 5.91. The molecule has 3 rings (SSSR count). The van der Waals surface area contributed by atoms with Gasteiger partial charge in [0.05, 0.1) is 0 Å². The number of rotatable bonds is 3. The zero-order valence-electron chi connectivity index (χ0n) is 12.2. The number of halogens is 4. The van der Waals surface area contributed by atoms with Crippen LogP contribution in [0.4, 0.5) is 23.8 Å². The molecule has 5 nitrogen and oxygen atoms in total. The Hall–Kier alpha value is -2.22. The van der Waals surface area contributed by atoms with Gasteiger partial charge in [0.2, 0.25) is 5.88 Å². The summed E-state index contributed by atoms with van der Waals surface area (Å²) in [5.41, 5.74) is -2.22. The molecule has 0 aliphatic heterocycles. The number of hydrogen-bond acceptors (Lipinski definition) is 4. The molecule has 0 atom stereocenters. The van der Waals surface area contributed by atoms with Crippen molar-refractivity contribution in [2.75, 3.05) is 5.32 Å². The fourth-order valence-corrected chi connectivity index (χ4v) is 2.64. The van der Waals surface area contributed by atoms with Crippen LogP contribution in [0.15, 0.2) is 34.9 Å². The summed E-state index contributed by atoms with van der Waals surface area (Å²) in [6.07, 6.45) is -4.94. The standard InChI is InChI=1S/C15H12ClF3N2O3/c16-9-2-4-10(5-3-9)23-13(22)20-12-8-11(21-24-12)14(6-1-7-14)15(17,18)19/h2-5,8H,1,6-7H2,(H,20,22). The SMILES string of the molecule is O=C(Nc1cc(C2(C(F)(F)F)CCC2)no1)Oc1ccc(Cl)cc1. The lowest BCUT2D eigenvalue weighted by molar-refractivity contribution is -0.214. The topological polar surface area (TPSA) is 64.4 Å². The molecule has 1 amide bonds. The Bertz CT molecular complexity index is 739. The Morgan fingerprint density at radius 1 is 1.29 bits per heavy atom. The molecule has 1 heterocycles. The van der Waals surface area contributed by atoms with Crippen molar-refractivity contribution in [3.8, 4) is 5.75 Å². The minimum Gasteiger partial charge on any atom is -0.410 e. The van der Waals surface area contributed by atoms with Gasteiger partial charge in [0.15, 0.2) is 0 Å². The van der Waals surface area contributed by atoms with Gasteiger partial charge in [-0.05, 0) is 37.1 Å². The summed E-state index contributed by atoms with van der Waals surface area (Å²) in [5, 5.41) is 6.15. The Labute approximate surface area is 139 Å². The van der Waals surface area contributed by atoms with E-state index in [1.807, 2.05) is 0 Å². The molecule has 1 aromatic heterocycles. The normalized spacial score (nSPS) is 16.3. The van der Waals surface area contributed by atoms with E-state index < -0.39 is 17.7 Å². The lowest BCUT2D eigenvalue weighted by Crippen LogP contribution is -2.48. The van der Waals surface area contributed by atoms with Crippen LogP contribution < -0.4 is 10.1 Å². The Morgan fingerprint density at radius 2 is 1.96 bits per heavy atom. The summed E-state index contributed by atoms with van der Waals surface area (Å²) in [5.74, 6) is 0.0156. The van der Waals surface area contributed by atoms with Gasteiger partial charge in [-0.25, -0.2) is 4.79 Å². The van der Waals surface area contributed by atoms with E-state index in [0.29, 0.717) is 11.4 Å². The van der Waals surface area contributed by atoms with E-state index in [2.05, 4.69) is 10.5 Å². The summed E-state index contributed by atoms with van der Waals surface area (Å²) in [6, 6.07) is 7.08. The molecule has 1 aromatic carbocycles. The number of amides is 1. The minimum atomic E-state index is -4.41. The van der Waals surface area contributed by atoms with Crippen molar-refractivity contribution >= 4 is 23.6 Å². The third kappa shape index (κ3) is 3.06. The molecule has 0 bridgehead atoms. The van der Waals surface area contributed by atoms with Crippen molar-refractivity contribution in [2.24, 2.45) is 0 Å². The molecule has 0 unspecified atom stereocenters. The van der Waals surface area contributed by atoms with E-state index in [1.54, 1.807) is 0 Å². The van der Waals surface area contributed by atoms with Crippen molar-refractivity contribution in [1.29, 1.82) is 0 Å². The summed E-state index contributed by atoms with van der Waals surface area (Å²) < 4.78 is 49.4. The van der Waals surface area contributed by atoms with E-state index in [4.69, 9.17) is 20.9 Å². The molecule has 0 saturated heterocycles. The number of benzene rings is 1. The summed E-state index contributed by atoms with van der Waals surface area (Å²) in [6.45, 7) is 0. The van der Waals surface area contributed by atoms with Crippen LogP contribution in [-0.4, -0.2) is 17.4 Å². The molecule has 1 aliphatic rings. The first-order valence-corrected chi connectivity index (χ1v) is 7.46. The number of carbonyl (C=O) groups is 1. The monoisotopic (exact) mass is 360 g/mol. The molecule has 1 aliphatic carbocycles. The highest BCUT2D eigenvalue weighted by molar-refractivity contribution is 6.30. The highest BCUT2D eigenvalue weighted by Gasteiger charge is 2.61. The minimum absolute atomic E-state index is 0.0440. The predicted octanol–water partition coefficient (Wildman–Crippen LogP) is 4.92. The first-order valence-electron chi connectivity index (χ1n) is 7.08. The first kappa shape index (κ1) is 16.6. The van der Waals surface area contributed by atoms with E-state index in [-0.39, 0.29) is 30.2 Å². The van der Waals surface area contributed by atoms with Gasteiger partial charge in [-0.15, -0.1) is 0 Å². The van der Waals surface area contributed by atoms with Crippen molar-refractivity contribution < 1.29 is 27.2 Å². The zero-order chi connectivity index (χ0) is 17.4. The summed E-state index contributed by atoms with van der Waals surface area (Å²) in [4.78, 5) is 11.7. The van der Waals surface area contributed by atoms with Crippen LogP contribution in [0.25, 0.3) is 0 Å². The van der Waals surface area contributed by atoms with Crippen LogP contribution in [0.1, 0.15) is 25.0 Å². The van der Waals surface area contributed by atoms with E-state index in [9.17, 15) is 18.0 Å². The van der Waals surface area contributed by atoms with E-state index >= 15 is 0 Å². The smallest absolute Gasteiger partial charge is 0.410 e. The Morgan fingerprint density at radius 3 is 2.50 bits per heavy atom. The maximum absolute atomic E-state index is 13.2. The third-order valence-electron chi connectivity index (χ3n) is 4.00. The molecule has 0 radical (unpaired) electrons. The van der Waals surface area contributed by atoms with Crippen molar-refractivity contribution in [2.45, 2.75) is 30.9 Å². The number of carbonyl (C=O) groups excluding carboxylic acids is 1. The van der Waals surface area contributed by atoms with Gasteiger partial charge in [0.25, 0.3) is 0 Å². The van der Waals surface area contributed by atoms with Gasteiger partial charge >= 0.3 is 12.3 Å². The quantitative estimate of drug-likeness (QED) is 0.843. The van der Waals surface area contributed by atoms with Gasteiger partial charge in [0.1, 0.15) is 16.9 Å². The predicted molar refractivity (Wildman–Crippen MR) is 79.2 cm³/mol. The Balaban J connectivity index is 1.68. The number of ether oxygens (including phenoxy) is 1. The summed E-state index contributed by atoms with van der Waals surface area (Å²) in [7, 11) is 0. The van der Waals surface area contributed by atoms with Crippen LogP contribution in [0.3, 0.4) is 0 Å². The van der Waals surface area contributed by atoms with Crippen LogP contribution >= 0.6 is 11.6 Å². The molecule has 0 spiro atoms. The second-order valence-electron chi connectivity index (χ2n) is 5.48. The van der Waals surface area contributed by atoms with Gasteiger partial charge in [-0.1, -0.05) is 23.2 Å². The van der Waals surface area contributed by atoms with Crippen molar-refractivity contribution in [3.63, 3.8) is 0 Å². The average molecular weight is 361 g/mol. The van der Waals surface area contributed by atoms with Crippen LogP contribution in [0.2, 0.25) is 5.02 Å². The maximum Gasteiger partial charge on any atom is 0.419 e. The number of nitrogens with zero attached hydrogens (tertiary/aromatic N) is 1. The van der Waals surface area contributed by atoms with Crippen molar-refractivity contribution in [1.82, 2.24) is 5.16 Å². The molecule has 1 fully saturated rings. The number of alkyl halides is 3. The summed E-state index contributed by atoms with van der Waals surface area (Å²) >= 11 is 5.71. The highest BCUT2D eigenvalue weighted by Crippen LogP contribution is 2.54.